The van der Waals surface area contributed by atoms with Crippen LogP contribution in [0, 0.1) is 0 Å². The highest BCUT2D eigenvalue weighted by molar-refractivity contribution is 5.19. The second-order valence-electron chi connectivity index (χ2n) is 20.0. The van der Waals surface area contributed by atoms with Gasteiger partial charge in [0.25, 0.3) is 0 Å². The number of hydrogen-bond acceptors (Lipinski definition) is 15. The average Bonchev–Trinajstić information content (AvgIpc) is 2.96. The number of ether oxygens (including phenoxy) is 10. The normalized spacial score (nSPS) is 27.6. The lowest BCUT2D eigenvalue weighted by Gasteiger charge is -2.50. The van der Waals surface area contributed by atoms with Gasteiger partial charge in [-0.25, -0.2) is 0 Å². The summed E-state index contributed by atoms with van der Waals surface area (Å²) in [4.78, 5) is 12.5. The lowest BCUT2D eigenvalue weighted by Crippen LogP contribution is -2.66. The first-order valence-electron chi connectivity index (χ1n) is 27.3. The highest BCUT2D eigenvalue weighted by Gasteiger charge is 2.55. The summed E-state index contributed by atoms with van der Waals surface area (Å²) in [6.07, 6.45) is -15.1. The van der Waals surface area contributed by atoms with Crippen LogP contribution in [0.5, 0.6) is 0 Å². The third-order valence-electron chi connectivity index (χ3n) is 14.4. The van der Waals surface area contributed by atoms with Crippen molar-refractivity contribution in [3.63, 3.8) is 0 Å². The van der Waals surface area contributed by atoms with Crippen LogP contribution < -0.4 is 0 Å². The summed E-state index contributed by atoms with van der Waals surface area (Å²) in [5.74, 6) is 0. The molecule has 3 aliphatic rings. The Labute approximate surface area is 479 Å². The third kappa shape index (κ3) is 16.7. The Morgan fingerprint density at radius 3 is 1.18 bits per heavy atom. The van der Waals surface area contributed by atoms with Crippen molar-refractivity contribution < 1.29 is 52.5 Å². The number of hydrogen-bond donors (Lipinski definition) is 1. The van der Waals surface area contributed by atoms with Crippen LogP contribution in [0.3, 0.4) is 0 Å². The number of azide groups is 4. The molecule has 1 saturated carbocycles. The van der Waals surface area contributed by atoms with Crippen LogP contribution in [0.25, 0.3) is 41.8 Å². The van der Waals surface area contributed by atoms with E-state index in [-0.39, 0.29) is 59.2 Å². The fraction of sp³-hybridized carbons (Fsp3) is 0.400. The van der Waals surface area contributed by atoms with Crippen molar-refractivity contribution in [3.8, 4) is 0 Å². The van der Waals surface area contributed by atoms with Crippen LogP contribution >= 0.6 is 0 Å². The Hall–Kier alpha value is -7.88. The third-order valence-corrected chi connectivity index (χ3v) is 14.4. The fourth-order valence-electron chi connectivity index (χ4n) is 10.4. The van der Waals surface area contributed by atoms with Gasteiger partial charge in [-0.1, -0.05) is 202 Å². The summed E-state index contributed by atoms with van der Waals surface area (Å²) in [5.41, 5.74) is 45.2. The molecule has 6 aromatic carbocycles. The molecule has 0 amide bonds. The zero-order valence-electron chi connectivity index (χ0n) is 45.2. The molecule has 0 spiro atoms. The van der Waals surface area contributed by atoms with Crippen molar-refractivity contribution in [1.29, 1.82) is 0 Å². The molecule has 23 heteroatoms. The molecule has 2 heterocycles. The molecule has 6 aromatic rings. The smallest absolute Gasteiger partial charge is 0.187 e. The standard InChI is InChI=1S/C60H64N12O11/c61-69-65-32-48-54(75-34-41-21-9-2-10-22-41)57(78-37-44-27-15-5-16-28-44)58(79-38-45-29-17-6-18-30-45)60(80-48)83-53-47(67-71-63)31-46(66-70-62)52(51(53)73)82-59-50(68-72-64)56(77-36-43-25-13-4-14-26-43)55(76-35-42-23-11-3-12-24-42)49(81-59)39-74-33-40-19-7-1-8-20-40/h1-30,46-60,73H,31-39H2/t46-,47+,48+,49-,50-,51-,52+,53-,54+,55-,56-,57-,58+,59-,60+/m1/s1. The molecule has 83 heavy (non-hydrogen) atoms. The summed E-state index contributed by atoms with van der Waals surface area (Å²) in [7, 11) is 0. The van der Waals surface area contributed by atoms with E-state index in [2.05, 4.69) is 40.1 Å². The minimum atomic E-state index is -1.81. The lowest BCUT2D eigenvalue weighted by atomic mass is 9.84. The van der Waals surface area contributed by atoms with Crippen LogP contribution in [-0.2, 0) is 87.0 Å². The molecule has 23 nitrogen and oxygen atoms in total. The monoisotopic (exact) mass is 1130 g/mol. The molecule has 1 N–H and O–H groups in total. The number of aliphatic hydroxyl groups is 1. The number of aliphatic hydroxyl groups excluding tert-OH is 1. The fourth-order valence-corrected chi connectivity index (χ4v) is 10.4. The van der Waals surface area contributed by atoms with Crippen molar-refractivity contribution in [2.45, 2.75) is 138 Å². The summed E-state index contributed by atoms with van der Waals surface area (Å²) in [5, 5.41) is 29.2. The van der Waals surface area contributed by atoms with Gasteiger partial charge in [-0.3, -0.25) is 0 Å². The van der Waals surface area contributed by atoms with Gasteiger partial charge in [0.05, 0.1) is 83.2 Å². The first kappa shape index (κ1) is 59.7. The van der Waals surface area contributed by atoms with Crippen molar-refractivity contribution in [2.75, 3.05) is 13.2 Å². The quantitative estimate of drug-likeness (QED) is 0.0273. The minimum Gasteiger partial charge on any atom is -0.388 e. The Morgan fingerprint density at radius 1 is 0.398 bits per heavy atom. The molecule has 430 valence electrons. The molecule has 15 atom stereocenters. The maximum absolute atomic E-state index is 12.9. The van der Waals surface area contributed by atoms with Crippen molar-refractivity contribution in [3.05, 3.63) is 257 Å². The lowest BCUT2D eigenvalue weighted by molar-refractivity contribution is -0.345. The molecule has 0 bridgehead atoms. The highest BCUT2D eigenvalue weighted by Crippen LogP contribution is 2.39. The van der Waals surface area contributed by atoms with E-state index < -0.39 is 91.7 Å². The first-order valence-corrected chi connectivity index (χ1v) is 27.3. The predicted octanol–water partition coefficient (Wildman–Crippen LogP) is 11.5. The molecular weight excluding hydrogens is 1060 g/mol. The molecule has 0 aromatic heterocycles. The average molecular weight is 1130 g/mol. The maximum atomic E-state index is 12.9. The zero-order valence-corrected chi connectivity index (χ0v) is 45.2. The second-order valence-corrected chi connectivity index (χ2v) is 20.0. The Morgan fingerprint density at radius 2 is 0.759 bits per heavy atom. The highest BCUT2D eigenvalue weighted by atomic mass is 16.7. The van der Waals surface area contributed by atoms with Gasteiger partial charge in [0, 0.05) is 19.6 Å². The van der Waals surface area contributed by atoms with E-state index in [1.807, 2.05) is 182 Å². The number of rotatable bonds is 28. The molecule has 2 aliphatic heterocycles. The van der Waals surface area contributed by atoms with Gasteiger partial charge in [0.1, 0.15) is 48.8 Å². The molecular formula is C60H64N12O11. The molecule has 3 fully saturated rings. The van der Waals surface area contributed by atoms with Crippen LogP contribution in [-0.4, -0.2) is 110 Å². The van der Waals surface area contributed by atoms with Crippen molar-refractivity contribution in [1.82, 2.24) is 0 Å². The van der Waals surface area contributed by atoms with Gasteiger partial charge in [-0.15, -0.1) is 0 Å². The van der Waals surface area contributed by atoms with Crippen LogP contribution in [0.2, 0.25) is 0 Å². The Kier molecular flexibility index (Phi) is 22.7. The predicted molar refractivity (Wildman–Crippen MR) is 302 cm³/mol. The first-order chi connectivity index (χ1) is 40.9. The van der Waals surface area contributed by atoms with Gasteiger partial charge in [0.2, 0.25) is 0 Å². The number of nitrogens with zero attached hydrogens (tertiary/aromatic N) is 12. The van der Waals surface area contributed by atoms with E-state index in [0.29, 0.717) is 0 Å². The van der Waals surface area contributed by atoms with Crippen molar-refractivity contribution >= 4 is 0 Å². The number of benzene rings is 6. The van der Waals surface area contributed by atoms with Gasteiger partial charge in [-0.05, 0) is 61.9 Å². The summed E-state index contributed by atoms with van der Waals surface area (Å²) < 4.78 is 67.3. The van der Waals surface area contributed by atoms with Crippen LogP contribution in [0.1, 0.15) is 39.8 Å². The maximum Gasteiger partial charge on any atom is 0.187 e. The van der Waals surface area contributed by atoms with Crippen LogP contribution in [0.4, 0.5) is 0 Å². The SMILES string of the molecule is [N-]=[N+]=NC[C@@H]1O[C@@H](O[C@H]2[C@H](O)[C@@H](O[C@H]3O[C@H](COCc4ccccc4)[C@@H](OCc4ccccc4)[C@H](OCc4ccccc4)[C@H]3N=[N+]=[N-])[C@H](N=[N+]=[N-])C[C@@H]2N=[N+]=[N-])[C@@H](OCc2ccccc2)[C@H](OCc2ccccc2)[C@H]1OCc1ccccc1. The summed E-state index contributed by atoms with van der Waals surface area (Å²) in [6.45, 7) is 0.290. The zero-order chi connectivity index (χ0) is 57.4. The van der Waals surface area contributed by atoms with Gasteiger partial charge in [0.15, 0.2) is 12.6 Å². The molecule has 2 saturated heterocycles. The van der Waals surface area contributed by atoms with E-state index in [1.165, 1.54) is 0 Å². The van der Waals surface area contributed by atoms with Crippen LogP contribution in [0.15, 0.2) is 202 Å². The van der Waals surface area contributed by atoms with Gasteiger partial charge in [-0.2, -0.15) is 0 Å². The Bertz CT molecular complexity index is 3090. The van der Waals surface area contributed by atoms with E-state index in [4.69, 9.17) is 47.4 Å². The molecule has 0 unspecified atom stereocenters. The minimum absolute atomic E-state index is 0.0314. The topological polar surface area (TPSA) is 308 Å². The largest absolute Gasteiger partial charge is 0.388 e. The summed E-state index contributed by atoms with van der Waals surface area (Å²) in [6, 6.07) is 53.1. The summed E-state index contributed by atoms with van der Waals surface area (Å²) >= 11 is 0. The van der Waals surface area contributed by atoms with E-state index in [9.17, 15) is 27.2 Å². The second kappa shape index (κ2) is 31.5. The Balaban J connectivity index is 1.07. The molecule has 9 rings (SSSR count). The van der Waals surface area contributed by atoms with Gasteiger partial charge >= 0.3 is 0 Å². The van der Waals surface area contributed by atoms with E-state index >= 15 is 0 Å². The van der Waals surface area contributed by atoms with Crippen molar-refractivity contribution in [2.24, 2.45) is 20.5 Å². The van der Waals surface area contributed by atoms with Gasteiger partial charge < -0.3 is 52.5 Å². The molecule has 1 aliphatic carbocycles. The van der Waals surface area contributed by atoms with E-state index in [1.54, 1.807) is 0 Å². The van der Waals surface area contributed by atoms with E-state index in [0.717, 1.165) is 33.4 Å². The molecule has 0 radical (unpaired) electrons.